The van der Waals surface area contributed by atoms with Gasteiger partial charge in [-0.15, -0.1) is 0 Å². The smallest absolute Gasteiger partial charge is 0.381 e. The number of alkyl halides is 3. The van der Waals surface area contributed by atoms with Crippen LogP contribution in [0.3, 0.4) is 0 Å². The van der Waals surface area contributed by atoms with Crippen LogP contribution in [0.1, 0.15) is 51.9 Å². The van der Waals surface area contributed by atoms with Gasteiger partial charge in [0.1, 0.15) is 11.4 Å². The van der Waals surface area contributed by atoms with E-state index < -0.39 is 51.1 Å². The molecule has 5 rings (SSSR count). The van der Waals surface area contributed by atoms with Crippen LogP contribution in [0.15, 0.2) is 29.4 Å². The molecule has 0 saturated carbocycles. The summed E-state index contributed by atoms with van der Waals surface area (Å²) in [5.74, 6) is -1.39. The van der Waals surface area contributed by atoms with Crippen molar-refractivity contribution in [3.05, 3.63) is 67.9 Å². The number of amides is 1. The summed E-state index contributed by atoms with van der Waals surface area (Å²) in [6.07, 6.45) is -4.85. The lowest BCUT2D eigenvalue weighted by atomic mass is 9.89. The van der Waals surface area contributed by atoms with Crippen molar-refractivity contribution in [2.24, 2.45) is 5.16 Å². The fraction of sp³-hybridized carbons (Fsp3) is 0.423. The predicted octanol–water partition coefficient (Wildman–Crippen LogP) is 5.75. The average Bonchev–Trinajstić information content (AvgIpc) is 3.52. The summed E-state index contributed by atoms with van der Waals surface area (Å²) in [6.45, 7) is 2.93. The van der Waals surface area contributed by atoms with Crippen molar-refractivity contribution in [2.45, 2.75) is 56.6 Å². The molecule has 0 aromatic heterocycles. The van der Waals surface area contributed by atoms with E-state index in [9.17, 15) is 27.6 Å². The number of nitrogens with one attached hydrogen (secondary N) is 1. The zero-order chi connectivity index (χ0) is 28.2. The van der Waals surface area contributed by atoms with E-state index in [-0.39, 0.29) is 18.9 Å². The highest BCUT2D eigenvalue weighted by atomic mass is 35.5. The molecule has 1 saturated heterocycles. The van der Waals surface area contributed by atoms with E-state index in [4.69, 9.17) is 32.8 Å². The number of nitriles is 1. The highest BCUT2D eigenvalue weighted by Gasteiger charge is 2.63. The number of fused-ring (bicyclic) bond motifs is 1. The average molecular weight is 585 g/mol. The maximum Gasteiger partial charge on any atom is 0.435 e. The summed E-state index contributed by atoms with van der Waals surface area (Å²) in [4.78, 5) is 19.8. The topological polar surface area (TPSA) is 87.0 Å². The molecule has 3 aliphatic heterocycles. The van der Waals surface area contributed by atoms with Gasteiger partial charge in [0.05, 0.1) is 22.5 Å². The first-order valence-corrected chi connectivity index (χ1v) is 12.8. The maximum atomic E-state index is 14.4. The molecule has 13 heteroatoms. The van der Waals surface area contributed by atoms with Crippen molar-refractivity contribution >= 4 is 34.9 Å². The minimum absolute atomic E-state index is 0.0365. The molecule has 2 aromatic rings. The van der Waals surface area contributed by atoms with Gasteiger partial charge in [-0.1, -0.05) is 34.4 Å². The van der Waals surface area contributed by atoms with Gasteiger partial charge in [-0.2, -0.15) is 18.4 Å². The van der Waals surface area contributed by atoms with Crippen molar-refractivity contribution < 1.29 is 31.9 Å². The summed E-state index contributed by atoms with van der Waals surface area (Å²) < 4.78 is 62.3. The SMILES string of the molecule is Cc1cc2c(cc1C(=O)NC1(C#N)CCOCC1)CN(C1=NOC(c3cc(Cl)c(F)c(Cl)c3)(C(F)(F)F)C1)C2. The second-order valence-electron chi connectivity index (χ2n) is 9.91. The van der Waals surface area contributed by atoms with Crippen LogP contribution in [-0.2, 0) is 28.3 Å². The van der Waals surface area contributed by atoms with E-state index >= 15 is 0 Å². The van der Waals surface area contributed by atoms with Gasteiger partial charge >= 0.3 is 6.18 Å². The number of hydrogen-bond donors (Lipinski definition) is 1. The lowest BCUT2D eigenvalue weighted by Gasteiger charge is -2.31. The first kappa shape index (κ1) is 27.5. The molecule has 1 atom stereocenters. The van der Waals surface area contributed by atoms with Crippen molar-refractivity contribution in [3.8, 4) is 6.07 Å². The molecule has 0 aliphatic carbocycles. The van der Waals surface area contributed by atoms with E-state index in [0.717, 1.165) is 23.3 Å². The van der Waals surface area contributed by atoms with Crippen molar-refractivity contribution in [2.75, 3.05) is 13.2 Å². The van der Waals surface area contributed by atoms with Crippen molar-refractivity contribution in [3.63, 3.8) is 0 Å². The molecule has 0 bridgehead atoms. The van der Waals surface area contributed by atoms with Crippen LogP contribution in [-0.4, -0.2) is 41.6 Å². The summed E-state index contributed by atoms with van der Waals surface area (Å²) >= 11 is 11.6. The maximum absolute atomic E-state index is 14.4. The summed E-state index contributed by atoms with van der Waals surface area (Å²) in [6, 6.07) is 7.38. The van der Waals surface area contributed by atoms with Gasteiger partial charge in [-0.3, -0.25) is 4.79 Å². The Hall–Kier alpha value is -3.07. The molecule has 0 radical (unpaired) electrons. The number of carbonyl (C=O) groups is 1. The number of hydrogen-bond acceptors (Lipinski definition) is 6. The molecule has 39 heavy (non-hydrogen) atoms. The monoisotopic (exact) mass is 584 g/mol. The number of rotatable bonds is 3. The molecule has 1 N–H and O–H groups in total. The quantitative estimate of drug-likeness (QED) is 0.366. The van der Waals surface area contributed by atoms with E-state index in [1.165, 1.54) is 0 Å². The Bertz CT molecular complexity index is 1400. The van der Waals surface area contributed by atoms with E-state index in [2.05, 4.69) is 16.5 Å². The number of benzene rings is 2. The fourth-order valence-electron chi connectivity index (χ4n) is 5.12. The normalized spacial score (nSPS) is 22.1. The Kier molecular flexibility index (Phi) is 6.94. The van der Waals surface area contributed by atoms with Crippen LogP contribution >= 0.6 is 23.2 Å². The number of amidine groups is 1. The Labute approximate surface area is 231 Å². The molecule has 7 nitrogen and oxygen atoms in total. The van der Waals surface area contributed by atoms with Gasteiger partial charge in [0.2, 0.25) is 0 Å². The molecule has 3 aliphatic rings. The number of carbonyl (C=O) groups excluding carboxylic acids is 1. The first-order valence-electron chi connectivity index (χ1n) is 12.0. The minimum Gasteiger partial charge on any atom is -0.381 e. The second kappa shape index (κ2) is 9.84. The Morgan fingerprint density at radius 1 is 1.13 bits per heavy atom. The Balaban J connectivity index is 1.37. The second-order valence-corrected chi connectivity index (χ2v) is 10.7. The van der Waals surface area contributed by atoms with Gasteiger partial charge < -0.3 is 19.8 Å². The first-order chi connectivity index (χ1) is 18.4. The van der Waals surface area contributed by atoms with Gasteiger partial charge in [-0.05, 0) is 41.8 Å². The third-order valence-corrected chi connectivity index (χ3v) is 7.96. The third kappa shape index (κ3) is 4.79. The number of oxime groups is 1. The zero-order valence-corrected chi connectivity index (χ0v) is 22.1. The summed E-state index contributed by atoms with van der Waals surface area (Å²) in [7, 11) is 0. The number of ether oxygens (including phenoxy) is 1. The van der Waals surface area contributed by atoms with Crippen molar-refractivity contribution in [1.82, 2.24) is 10.2 Å². The van der Waals surface area contributed by atoms with Crippen LogP contribution in [0.4, 0.5) is 17.6 Å². The lowest BCUT2D eigenvalue weighted by Crippen LogP contribution is -2.51. The molecule has 1 fully saturated rings. The highest BCUT2D eigenvalue weighted by Crippen LogP contribution is 2.50. The molecule has 206 valence electrons. The molecule has 1 unspecified atom stereocenters. The minimum atomic E-state index is -4.92. The largest absolute Gasteiger partial charge is 0.435 e. The van der Waals surface area contributed by atoms with E-state index in [1.807, 2.05) is 0 Å². The summed E-state index contributed by atoms with van der Waals surface area (Å²) in [5.41, 5.74) is -1.77. The van der Waals surface area contributed by atoms with Gasteiger partial charge in [0.25, 0.3) is 11.5 Å². The van der Waals surface area contributed by atoms with Crippen molar-refractivity contribution in [1.29, 1.82) is 5.26 Å². The number of nitrogens with zero attached hydrogens (tertiary/aromatic N) is 3. The molecule has 2 aromatic carbocycles. The standard InChI is InChI=1S/C26H22Cl2F4N4O3/c1-14-6-15-11-36(12-16(15)7-18(14)23(37)34-24(13-33)2-4-38-5-3-24)21-10-25(39-35-21,26(30,31)32)17-8-19(27)22(29)20(28)9-17/h6-9H,2-5,10-12H2,1H3,(H,34,37). The lowest BCUT2D eigenvalue weighted by molar-refractivity contribution is -0.275. The van der Waals surface area contributed by atoms with E-state index in [0.29, 0.717) is 37.2 Å². The van der Waals surface area contributed by atoms with Gasteiger partial charge in [0, 0.05) is 50.3 Å². The van der Waals surface area contributed by atoms with Crippen LogP contribution in [0, 0.1) is 24.1 Å². The molecule has 0 spiro atoms. The zero-order valence-electron chi connectivity index (χ0n) is 20.6. The van der Waals surface area contributed by atoms with Crippen LogP contribution in [0.25, 0.3) is 0 Å². The Morgan fingerprint density at radius 2 is 1.74 bits per heavy atom. The number of aryl methyl sites for hydroxylation is 1. The highest BCUT2D eigenvalue weighted by molar-refractivity contribution is 6.35. The van der Waals surface area contributed by atoms with Crippen LogP contribution < -0.4 is 5.32 Å². The predicted molar refractivity (Wildman–Crippen MR) is 134 cm³/mol. The summed E-state index contributed by atoms with van der Waals surface area (Å²) in [5, 5.41) is 15.2. The molecule has 3 heterocycles. The molecule has 1 amide bonds. The Morgan fingerprint density at radius 3 is 2.33 bits per heavy atom. The number of halogens is 6. The van der Waals surface area contributed by atoms with Gasteiger partial charge in [0.15, 0.2) is 5.82 Å². The van der Waals surface area contributed by atoms with Crippen LogP contribution in [0.5, 0.6) is 0 Å². The van der Waals surface area contributed by atoms with Crippen LogP contribution in [0.2, 0.25) is 10.0 Å². The molecular formula is C26H22Cl2F4N4O3. The van der Waals surface area contributed by atoms with Gasteiger partial charge in [-0.25, -0.2) is 4.39 Å². The molecular weight excluding hydrogens is 563 g/mol. The fourth-order valence-corrected chi connectivity index (χ4v) is 5.60. The van der Waals surface area contributed by atoms with E-state index in [1.54, 1.807) is 24.0 Å². The third-order valence-electron chi connectivity index (χ3n) is 7.41.